The summed E-state index contributed by atoms with van der Waals surface area (Å²) in [6.45, 7) is 9.70. The number of aromatic nitrogens is 5. The lowest BCUT2D eigenvalue weighted by Crippen LogP contribution is -2.38. The monoisotopic (exact) mass is 368 g/mol. The van der Waals surface area contributed by atoms with Crippen molar-refractivity contribution in [2.45, 2.75) is 26.4 Å². The maximum atomic E-state index is 5.84. The molecule has 1 unspecified atom stereocenters. The van der Waals surface area contributed by atoms with E-state index in [4.69, 9.17) is 9.47 Å². The Kier molecular flexibility index (Phi) is 4.57. The van der Waals surface area contributed by atoms with Gasteiger partial charge in [0.2, 0.25) is 5.95 Å². The van der Waals surface area contributed by atoms with Gasteiger partial charge < -0.3 is 19.8 Å². The van der Waals surface area contributed by atoms with Crippen molar-refractivity contribution in [3.05, 3.63) is 30.7 Å². The van der Waals surface area contributed by atoms with Crippen LogP contribution in [-0.2, 0) is 11.8 Å². The summed E-state index contributed by atoms with van der Waals surface area (Å²) in [6.07, 6.45) is 4.72. The van der Waals surface area contributed by atoms with Crippen LogP contribution in [-0.4, -0.2) is 44.1 Å². The summed E-state index contributed by atoms with van der Waals surface area (Å²) in [5.41, 5.74) is 3.57. The average Bonchev–Trinajstić information content (AvgIpc) is 3.19. The van der Waals surface area contributed by atoms with Crippen LogP contribution in [0.15, 0.2) is 25.0 Å². The van der Waals surface area contributed by atoms with Crippen LogP contribution in [0.4, 0.5) is 11.6 Å². The van der Waals surface area contributed by atoms with E-state index in [1.807, 2.05) is 19.3 Å². The second-order valence-electron chi connectivity index (χ2n) is 6.94. The molecule has 27 heavy (non-hydrogen) atoms. The summed E-state index contributed by atoms with van der Waals surface area (Å²) >= 11 is 0. The molecule has 0 radical (unpaired) electrons. The van der Waals surface area contributed by atoms with Crippen molar-refractivity contribution in [1.82, 2.24) is 24.7 Å². The van der Waals surface area contributed by atoms with Gasteiger partial charge in [0.1, 0.15) is 17.4 Å². The molecule has 1 aliphatic rings. The largest absolute Gasteiger partial charge is 0.467 e. The summed E-state index contributed by atoms with van der Waals surface area (Å²) in [4.78, 5) is 12.3. The van der Waals surface area contributed by atoms with Crippen molar-refractivity contribution in [1.29, 1.82) is 0 Å². The van der Waals surface area contributed by atoms with E-state index in [0.29, 0.717) is 31.0 Å². The molecule has 3 aromatic heterocycles. The van der Waals surface area contributed by atoms with Crippen LogP contribution < -0.4 is 10.1 Å². The van der Waals surface area contributed by atoms with Gasteiger partial charge in [0.15, 0.2) is 0 Å². The minimum Gasteiger partial charge on any atom is -0.467 e. The zero-order valence-electron chi connectivity index (χ0n) is 15.8. The van der Waals surface area contributed by atoms with E-state index < -0.39 is 0 Å². The van der Waals surface area contributed by atoms with Crippen LogP contribution in [0.2, 0.25) is 0 Å². The van der Waals surface area contributed by atoms with E-state index in [9.17, 15) is 0 Å². The lowest BCUT2D eigenvalue weighted by Gasteiger charge is -2.25. The normalized spacial score (nSPS) is 15.5. The topological polar surface area (TPSA) is 89.9 Å². The number of nitrogens with zero attached hydrogens (tertiary/aromatic N) is 4. The Morgan fingerprint density at radius 2 is 2.33 bits per heavy atom. The number of rotatable bonds is 7. The van der Waals surface area contributed by atoms with Crippen molar-refractivity contribution >= 4 is 28.2 Å². The lowest BCUT2D eigenvalue weighted by molar-refractivity contribution is -0.0812. The first-order valence-electron chi connectivity index (χ1n) is 9.13. The summed E-state index contributed by atoms with van der Waals surface area (Å²) in [5.74, 6) is 1.41. The third-order valence-electron chi connectivity index (χ3n) is 4.85. The molecule has 0 saturated carbocycles. The van der Waals surface area contributed by atoms with E-state index >= 15 is 0 Å². The van der Waals surface area contributed by atoms with Gasteiger partial charge >= 0.3 is 0 Å². The highest BCUT2D eigenvalue weighted by molar-refractivity contribution is 5.82. The van der Waals surface area contributed by atoms with E-state index in [1.54, 1.807) is 10.9 Å². The number of hydrogen-bond acceptors (Lipinski definition) is 6. The van der Waals surface area contributed by atoms with Crippen LogP contribution in [0.3, 0.4) is 0 Å². The van der Waals surface area contributed by atoms with Gasteiger partial charge in [-0.25, -0.2) is 4.98 Å². The zero-order chi connectivity index (χ0) is 19.0. The molecule has 0 spiro atoms. The number of H-pyrrole nitrogens is 1. The number of nitrogens with one attached hydrogen (secondary N) is 2. The fraction of sp³-hybridized carbons (Fsp3) is 0.421. The Morgan fingerprint density at radius 3 is 3.04 bits per heavy atom. The molecular formula is C19H24N6O2. The van der Waals surface area contributed by atoms with Crippen LogP contribution in [0.5, 0.6) is 5.88 Å². The third kappa shape index (κ3) is 3.52. The SMILES string of the molecule is C=C(c1cc2cnc(Nc3cn(C)nc3OC3COC3)nc2[nH]1)C(C)CC. The van der Waals surface area contributed by atoms with Crippen LogP contribution in [0.1, 0.15) is 26.0 Å². The highest BCUT2D eigenvalue weighted by Crippen LogP contribution is 2.29. The van der Waals surface area contributed by atoms with Gasteiger partial charge in [-0.1, -0.05) is 20.4 Å². The van der Waals surface area contributed by atoms with Crippen molar-refractivity contribution < 1.29 is 9.47 Å². The minimum atomic E-state index is 0.0429. The molecule has 3 aromatic rings. The summed E-state index contributed by atoms with van der Waals surface area (Å²) in [7, 11) is 1.84. The van der Waals surface area contributed by atoms with E-state index in [2.05, 4.69) is 45.8 Å². The first-order valence-corrected chi connectivity index (χ1v) is 9.13. The molecule has 1 atom stereocenters. The summed E-state index contributed by atoms with van der Waals surface area (Å²) in [6, 6.07) is 2.04. The highest BCUT2D eigenvalue weighted by Gasteiger charge is 2.23. The van der Waals surface area contributed by atoms with Crippen LogP contribution >= 0.6 is 0 Å². The second kappa shape index (κ2) is 7.03. The number of fused-ring (bicyclic) bond motifs is 1. The third-order valence-corrected chi connectivity index (χ3v) is 4.85. The van der Waals surface area contributed by atoms with Crippen molar-refractivity contribution in [2.75, 3.05) is 18.5 Å². The molecule has 4 heterocycles. The Morgan fingerprint density at radius 1 is 1.52 bits per heavy atom. The molecule has 4 rings (SSSR count). The molecule has 1 saturated heterocycles. The molecule has 1 fully saturated rings. The average molecular weight is 368 g/mol. The van der Waals surface area contributed by atoms with Gasteiger partial charge in [0.05, 0.1) is 19.4 Å². The minimum absolute atomic E-state index is 0.0429. The molecule has 2 N–H and O–H groups in total. The fourth-order valence-corrected chi connectivity index (χ4v) is 2.86. The Balaban J connectivity index is 1.57. The molecular weight excluding hydrogens is 344 g/mol. The van der Waals surface area contributed by atoms with Crippen molar-refractivity contribution in [3.63, 3.8) is 0 Å². The van der Waals surface area contributed by atoms with E-state index in [-0.39, 0.29) is 6.10 Å². The summed E-state index contributed by atoms with van der Waals surface area (Å²) < 4.78 is 12.7. The number of hydrogen-bond donors (Lipinski definition) is 2. The van der Waals surface area contributed by atoms with Crippen LogP contribution in [0, 0.1) is 5.92 Å². The zero-order valence-corrected chi connectivity index (χ0v) is 15.8. The van der Waals surface area contributed by atoms with Gasteiger partial charge in [-0.05, 0) is 24.0 Å². The Hall–Kier alpha value is -2.87. The standard InChI is InChI=1S/C19H24N6O2/c1-5-11(2)12(3)15-6-13-7-20-19(23-17(13)21-15)22-16-8-25(4)24-18(16)27-14-9-26-10-14/h6-8,11,14H,3,5,9-10H2,1-2,4H3,(H2,20,21,22,23). The number of aryl methyl sites for hydroxylation is 1. The molecule has 0 bridgehead atoms. The predicted octanol–water partition coefficient (Wildman–Crippen LogP) is 3.27. The number of anilines is 2. The van der Waals surface area contributed by atoms with Crippen LogP contribution in [0.25, 0.3) is 16.6 Å². The summed E-state index contributed by atoms with van der Waals surface area (Å²) in [5, 5.41) is 8.50. The maximum Gasteiger partial charge on any atom is 0.257 e. The van der Waals surface area contributed by atoms with Gasteiger partial charge in [0, 0.05) is 24.3 Å². The van der Waals surface area contributed by atoms with E-state index in [0.717, 1.165) is 34.4 Å². The highest BCUT2D eigenvalue weighted by atomic mass is 16.6. The molecule has 142 valence electrons. The second-order valence-corrected chi connectivity index (χ2v) is 6.94. The first-order chi connectivity index (χ1) is 13.0. The number of aromatic amines is 1. The predicted molar refractivity (Wildman–Crippen MR) is 104 cm³/mol. The van der Waals surface area contributed by atoms with Crippen molar-refractivity contribution in [3.8, 4) is 5.88 Å². The van der Waals surface area contributed by atoms with E-state index in [1.165, 1.54) is 0 Å². The number of ether oxygens (including phenoxy) is 2. The van der Waals surface area contributed by atoms with Crippen molar-refractivity contribution in [2.24, 2.45) is 13.0 Å². The molecule has 8 nitrogen and oxygen atoms in total. The lowest BCUT2D eigenvalue weighted by atomic mass is 9.97. The van der Waals surface area contributed by atoms with Gasteiger partial charge in [-0.3, -0.25) is 4.68 Å². The molecule has 0 aliphatic carbocycles. The quantitative estimate of drug-likeness (QED) is 0.665. The molecule has 8 heteroatoms. The molecule has 1 aliphatic heterocycles. The van der Waals surface area contributed by atoms with Gasteiger partial charge in [-0.2, -0.15) is 4.98 Å². The fourth-order valence-electron chi connectivity index (χ4n) is 2.86. The smallest absolute Gasteiger partial charge is 0.257 e. The first kappa shape index (κ1) is 17.5. The number of allylic oxidation sites excluding steroid dienone is 1. The molecule has 0 amide bonds. The Bertz CT molecular complexity index is 972. The van der Waals surface area contributed by atoms with Gasteiger partial charge in [0.25, 0.3) is 5.88 Å². The van der Waals surface area contributed by atoms with Gasteiger partial charge in [-0.15, -0.1) is 5.10 Å². The maximum absolute atomic E-state index is 5.84. The molecule has 0 aromatic carbocycles. The Labute approximate surface area is 157 Å².